The maximum absolute atomic E-state index is 7.10. The summed E-state index contributed by atoms with van der Waals surface area (Å²) in [5, 5.41) is 4.76. The SMILES string of the molecule is CC1(C)c2cccc(-c3ccccc3)c2-c2c1c1ccccc1c1c2oc2ccc(N(c3ccc(-c4ccccc4)cc3)c3ccc(-c4ccccc4)cc3)cc21. The van der Waals surface area contributed by atoms with Gasteiger partial charge in [-0.2, -0.15) is 0 Å². The predicted octanol–water partition coefficient (Wildman–Crippen LogP) is 15.5. The van der Waals surface area contributed by atoms with Gasteiger partial charge in [-0.3, -0.25) is 0 Å². The van der Waals surface area contributed by atoms with Gasteiger partial charge in [0.05, 0.1) is 0 Å². The molecule has 1 heterocycles. The van der Waals surface area contributed by atoms with Gasteiger partial charge in [0.1, 0.15) is 11.2 Å². The zero-order valence-corrected chi connectivity index (χ0v) is 31.9. The fraction of sp³-hybridized carbons (Fsp3) is 0.0545. The summed E-state index contributed by atoms with van der Waals surface area (Å²) in [7, 11) is 0. The van der Waals surface area contributed by atoms with Crippen molar-refractivity contribution in [1.82, 2.24) is 0 Å². The lowest BCUT2D eigenvalue weighted by molar-refractivity contribution is 0.658. The Labute approximate surface area is 332 Å². The molecule has 0 amide bonds. The second kappa shape index (κ2) is 13.0. The first-order valence-electron chi connectivity index (χ1n) is 19.8. The predicted molar refractivity (Wildman–Crippen MR) is 240 cm³/mol. The summed E-state index contributed by atoms with van der Waals surface area (Å²) in [6.45, 7) is 4.74. The molecular formula is C55H39NO. The van der Waals surface area contributed by atoms with E-state index in [4.69, 9.17) is 4.42 Å². The Morgan fingerprint density at radius 2 is 0.912 bits per heavy atom. The van der Waals surface area contributed by atoms with Crippen LogP contribution in [0.3, 0.4) is 0 Å². The van der Waals surface area contributed by atoms with Crippen LogP contribution in [0.4, 0.5) is 17.1 Å². The van der Waals surface area contributed by atoms with Crippen LogP contribution in [-0.4, -0.2) is 0 Å². The number of furan rings is 1. The van der Waals surface area contributed by atoms with E-state index in [2.05, 4.69) is 219 Å². The van der Waals surface area contributed by atoms with Crippen LogP contribution in [0.1, 0.15) is 25.0 Å². The van der Waals surface area contributed by atoms with Gasteiger partial charge in [0, 0.05) is 38.8 Å². The molecule has 0 saturated carbocycles. The van der Waals surface area contributed by atoms with Crippen LogP contribution in [0.2, 0.25) is 0 Å². The third kappa shape index (κ3) is 5.25. The van der Waals surface area contributed by atoms with Crippen molar-refractivity contribution in [3.05, 3.63) is 211 Å². The van der Waals surface area contributed by atoms with Gasteiger partial charge < -0.3 is 9.32 Å². The summed E-state index contributed by atoms with van der Waals surface area (Å²) in [5.74, 6) is 0. The quantitative estimate of drug-likeness (QED) is 0.169. The normalized spacial score (nSPS) is 12.9. The Morgan fingerprint density at radius 3 is 1.51 bits per heavy atom. The average molecular weight is 730 g/mol. The van der Waals surface area contributed by atoms with E-state index >= 15 is 0 Å². The molecule has 0 fully saturated rings. The van der Waals surface area contributed by atoms with Gasteiger partial charge in [-0.05, 0) is 103 Å². The molecule has 0 N–H and O–H groups in total. The minimum atomic E-state index is -0.220. The van der Waals surface area contributed by atoms with Crippen LogP contribution in [0.5, 0.6) is 0 Å². The second-order valence-electron chi connectivity index (χ2n) is 15.7. The highest BCUT2D eigenvalue weighted by Gasteiger charge is 2.41. The minimum Gasteiger partial charge on any atom is -0.455 e. The van der Waals surface area contributed by atoms with Crippen LogP contribution in [0, 0.1) is 0 Å². The molecule has 57 heavy (non-hydrogen) atoms. The van der Waals surface area contributed by atoms with E-state index in [-0.39, 0.29) is 5.41 Å². The van der Waals surface area contributed by atoms with Crippen molar-refractivity contribution in [2.24, 2.45) is 0 Å². The fourth-order valence-electron chi connectivity index (χ4n) is 9.37. The second-order valence-corrected chi connectivity index (χ2v) is 15.7. The van der Waals surface area contributed by atoms with E-state index in [9.17, 15) is 0 Å². The van der Waals surface area contributed by atoms with Gasteiger partial charge in [0.2, 0.25) is 0 Å². The number of fused-ring (bicyclic) bond motifs is 10. The van der Waals surface area contributed by atoms with Crippen LogP contribution < -0.4 is 4.90 Å². The molecule has 0 atom stereocenters. The lowest BCUT2D eigenvalue weighted by Gasteiger charge is -2.26. The zero-order chi connectivity index (χ0) is 38.1. The highest BCUT2D eigenvalue weighted by Crippen LogP contribution is 2.58. The first-order chi connectivity index (χ1) is 28.0. The van der Waals surface area contributed by atoms with Crippen molar-refractivity contribution in [3.63, 3.8) is 0 Å². The standard InChI is InChI=1S/C55H39NO/c1-55(2)48-24-14-23-44(40-19-10-5-11-20-40)51(48)52-53(55)46-22-13-12-21-45(46)50-47-35-43(33-34-49(47)57-54(50)52)56(41-29-25-38(26-30-41)36-15-6-3-7-16-36)42-31-27-39(28-32-42)37-17-8-4-9-18-37/h3-35H,1-2H3. The van der Waals surface area contributed by atoms with E-state index in [1.54, 1.807) is 0 Å². The van der Waals surface area contributed by atoms with Gasteiger partial charge in [-0.15, -0.1) is 0 Å². The molecule has 1 aliphatic carbocycles. The monoisotopic (exact) mass is 729 g/mol. The third-order valence-corrected chi connectivity index (χ3v) is 12.0. The maximum Gasteiger partial charge on any atom is 0.144 e. The molecular weight excluding hydrogens is 691 g/mol. The van der Waals surface area contributed by atoms with Crippen molar-refractivity contribution < 1.29 is 4.42 Å². The number of hydrogen-bond donors (Lipinski definition) is 0. The topological polar surface area (TPSA) is 16.4 Å². The Hall–Kier alpha value is -7.16. The highest BCUT2D eigenvalue weighted by molar-refractivity contribution is 6.26. The van der Waals surface area contributed by atoms with Gasteiger partial charge in [0.15, 0.2) is 0 Å². The number of anilines is 3. The minimum absolute atomic E-state index is 0.220. The van der Waals surface area contributed by atoms with E-state index in [1.165, 1.54) is 66.4 Å². The Balaban J connectivity index is 1.14. The molecule has 9 aromatic carbocycles. The van der Waals surface area contributed by atoms with Crippen molar-refractivity contribution in [1.29, 1.82) is 0 Å². The number of hydrogen-bond acceptors (Lipinski definition) is 2. The summed E-state index contributed by atoms with van der Waals surface area (Å²) < 4.78 is 7.10. The van der Waals surface area contributed by atoms with Crippen molar-refractivity contribution in [2.75, 3.05) is 4.90 Å². The third-order valence-electron chi connectivity index (χ3n) is 12.0. The fourth-order valence-corrected chi connectivity index (χ4v) is 9.37. The molecule has 1 aliphatic rings. The van der Waals surface area contributed by atoms with Crippen molar-refractivity contribution >= 4 is 49.8 Å². The molecule has 0 spiro atoms. The van der Waals surface area contributed by atoms with E-state index in [1.807, 2.05) is 0 Å². The van der Waals surface area contributed by atoms with Crippen LogP contribution in [0.25, 0.3) is 77.2 Å². The molecule has 2 nitrogen and oxygen atoms in total. The average Bonchev–Trinajstić information content (AvgIpc) is 3.77. The lowest BCUT2D eigenvalue weighted by Crippen LogP contribution is -2.15. The summed E-state index contributed by atoms with van der Waals surface area (Å²) in [6.07, 6.45) is 0. The van der Waals surface area contributed by atoms with Crippen LogP contribution in [0.15, 0.2) is 205 Å². The molecule has 0 saturated heterocycles. The molecule has 0 aliphatic heterocycles. The number of rotatable bonds is 6. The van der Waals surface area contributed by atoms with Gasteiger partial charge in [0.25, 0.3) is 0 Å². The van der Waals surface area contributed by atoms with Crippen LogP contribution >= 0.6 is 0 Å². The number of nitrogens with zero attached hydrogens (tertiary/aromatic N) is 1. The maximum atomic E-state index is 7.10. The number of benzene rings is 9. The van der Waals surface area contributed by atoms with Gasteiger partial charge in [-0.25, -0.2) is 0 Å². The summed E-state index contributed by atoms with van der Waals surface area (Å²) >= 11 is 0. The molecule has 11 rings (SSSR count). The first kappa shape index (κ1) is 33.2. The van der Waals surface area contributed by atoms with E-state index in [0.29, 0.717) is 0 Å². The van der Waals surface area contributed by atoms with Crippen molar-refractivity contribution in [3.8, 4) is 44.5 Å². The van der Waals surface area contributed by atoms with E-state index in [0.717, 1.165) is 39.0 Å². The van der Waals surface area contributed by atoms with Gasteiger partial charge in [-0.1, -0.05) is 172 Å². The highest BCUT2D eigenvalue weighted by atomic mass is 16.3. The summed E-state index contributed by atoms with van der Waals surface area (Å²) in [4.78, 5) is 2.36. The molecule has 0 bridgehead atoms. The summed E-state index contributed by atoms with van der Waals surface area (Å²) in [6, 6.07) is 72.2. The smallest absolute Gasteiger partial charge is 0.144 e. The molecule has 1 aromatic heterocycles. The van der Waals surface area contributed by atoms with E-state index < -0.39 is 0 Å². The molecule has 270 valence electrons. The van der Waals surface area contributed by atoms with Gasteiger partial charge >= 0.3 is 0 Å². The Kier molecular flexibility index (Phi) is 7.55. The molecule has 2 heteroatoms. The summed E-state index contributed by atoms with van der Waals surface area (Å²) in [5.41, 5.74) is 17.3. The van der Waals surface area contributed by atoms with Crippen LogP contribution in [-0.2, 0) is 5.41 Å². The molecule has 0 unspecified atom stereocenters. The largest absolute Gasteiger partial charge is 0.455 e. The van der Waals surface area contributed by atoms with Crippen molar-refractivity contribution in [2.45, 2.75) is 19.3 Å². The Bertz CT molecular complexity index is 3020. The first-order valence-corrected chi connectivity index (χ1v) is 19.8. The Morgan fingerprint density at radius 1 is 0.404 bits per heavy atom. The zero-order valence-electron chi connectivity index (χ0n) is 31.9. The molecule has 10 aromatic rings. The molecule has 0 radical (unpaired) electrons. The lowest BCUT2D eigenvalue weighted by atomic mass is 9.79.